The molecule has 1 atom stereocenters. The minimum Gasteiger partial charge on any atom is -0.468 e. The van der Waals surface area contributed by atoms with Crippen LogP contribution < -0.4 is 4.74 Å². The summed E-state index contributed by atoms with van der Waals surface area (Å²) < 4.78 is 57.2. The molecule has 1 aromatic carbocycles. The number of ether oxygens (including phenoxy) is 2. The molecule has 23 heavy (non-hydrogen) atoms. The molecule has 1 aliphatic rings. The van der Waals surface area contributed by atoms with Crippen LogP contribution in [0.1, 0.15) is 37.7 Å². The number of carbonyl (C=O) groups is 2. The fourth-order valence-electron chi connectivity index (χ4n) is 2.20. The second kappa shape index (κ2) is 8.50. The van der Waals surface area contributed by atoms with Crippen molar-refractivity contribution in [3.8, 4) is 5.75 Å². The summed E-state index contributed by atoms with van der Waals surface area (Å²) in [5, 5.41) is 0. The Hall–Kier alpha value is -2.12. The number of halogens is 4. The van der Waals surface area contributed by atoms with Gasteiger partial charge < -0.3 is 9.47 Å². The third-order valence-electron chi connectivity index (χ3n) is 3.12. The second-order valence-corrected chi connectivity index (χ2v) is 4.69. The van der Waals surface area contributed by atoms with Gasteiger partial charge in [0.25, 0.3) is 6.47 Å². The molecule has 1 fully saturated rings. The molecule has 1 unspecified atom stereocenters. The molecule has 0 heterocycles. The van der Waals surface area contributed by atoms with Crippen LogP contribution in [-0.4, -0.2) is 25.2 Å². The fraction of sp³-hybridized carbons (Fsp3) is 0.467. The summed E-state index contributed by atoms with van der Waals surface area (Å²) in [5.41, 5.74) is 0.145. The number of hydrogen-bond donors (Lipinski definition) is 0. The predicted molar refractivity (Wildman–Crippen MR) is 72.4 cm³/mol. The molecule has 0 radical (unpaired) electrons. The van der Waals surface area contributed by atoms with Gasteiger partial charge in [-0.05, 0) is 31.4 Å². The summed E-state index contributed by atoms with van der Waals surface area (Å²) in [6, 6.07) is 2.87. The third kappa shape index (κ3) is 6.25. The molecule has 0 bridgehead atoms. The van der Waals surface area contributed by atoms with Crippen LogP contribution >= 0.6 is 0 Å². The topological polar surface area (TPSA) is 52.6 Å². The highest BCUT2D eigenvalue weighted by Crippen LogP contribution is 2.34. The van der Waals surface area contributed by atoms with Crippen LogP contribution in [0.25, 0.3) is 0 Å². The van der Waals surface area contributed by atoms with Gasteiger partial charge in [0.1, 0.15) is 17.3 Å². The van der Waals surface area contributed by atoms with Crippen LogP contribution in [0, 0.1) is 5.82 Å². The van der Waals surface area contributed by atoms with E-state index in [1.807, 2.05) is 0 Å². The van der Waals surface area contributed by atoms with Crippen molar-refractivity contribution in [1.29, 1.82) is 0 Å². The van der Waals surface area contributed by atoms with Crippen molar-refractivity contribution >= 4 is 12.3 Å². The standard InChI is InChI=1S/C12H10F4O2.C3H6O2/c13-10-6-7(18-12(14,15)16)4-5-8(10)9-2-1-3-11(9)17;1-2-5-3-4/h4-6,9H,1-3H2;3H,2H2,1H3. The van der Waals surface area contributed by atoms with E-state index in [4.69, 9.17) is 0 Å². The van der Waals surface area contributed by atoms with Gasteiger partial charge in [-0.1, -0.05) is 6.07 Å². The van der Waals surface area contributed by atoms with Crippen LogP contribution in [0.5, 0.6) is 5.75 Å². The lowest BCUT2D eigenvalue weighted by Gasteiger charge is -2.12. The van der Waals surface area contributed by atoms with Crippen molar-refractivity contribution in [2.24, 2.45) is 0 Å². The summed E-state index contributed by atoms with van der Waals surface area (Å²) in [4.78, 5) is 20.6. The molecule has 0 spiro atoms. The summed E-state index contributed by atoms with van der Waals surface area (Å²) in [5.74, 6) is -2.06. The smallest absolute Gasteiger partial charge is 0.468 e. The van der Waals surface area contributed by atoms with E-state index in [0.29, 0.717) is 38.4 Å². The molecule has 8 heteroatoms. The Morgan fingerprint density at radius 2 is 2.04 bits per heavy atom. The normalized spacial score (nSPS) is 17.3. The van der Waals surface area contributed by atoms with Crippen molar-refractivity contribution in [1.82, 2.24) is 0 Å². The Bertz CT molecular complexity index is 543. The lowest BCUT2D eigenvalue weighted by atomic mass is 9.96. The van der Waals surface area contributed by atoms with Crippen LogP contribution in [0.2, 0.25) is 0 Å². The zero-order chi connectivity index (χ0) is 17.5. The first kappa shape index (κ1) is 18.9. The van der Waals surface area contributed by atoms with E-state index >= 15 is 0 Å². The number of carbonyl (C=O) groups excluding carboxylic acids is 2. The zero-order valence-electron chi connectivity index (χ0n) is 12.4. The van der Waals surface area contributed by atoms with Crippen LogP contribution in [0.3, 0.4) is 0 Å². The van der Waals surface area contributed by atoms with E-state index < -0.39 is 23.8 Å². The number of Topliss-reactive ketones (excluding diaryl/α,β-unsaturated/α-hetero) is 1. The largest absolute Gasteiger partial charge is 0.573 e. The highest BCUT2D eigenvalue weighted by Gasteiger charge is 2.32. The van der Waals surface area contributed by atoms with Gasteiger partial charge in [0, 0.05) is 18.4 Å². The highest BCUT2D eigenvalue weighted by atomic mass is 19.4. The number of ketones is 1. The monoisotopic (exact) mass is 336 g/mol. The van der Waals surface area contributed by atoms with E-state index in [1.54, 1.807) is 6.92 Å². The van der Waals surface area contributed by atoms with E-state index in [9.17, 15) is 27.2 Å². The first-order chi connectivity index (χ1) is 10.8. The minimum atomic E-state index is -4.85. The molecule has 1 saturated carbocycles. The van der Waals surface area contributed by atoms with Gasteiger partial charge >= 0.3 is 6.36 Å². The minimum absolute atomic E-state index is 0.0709. The lowest BCUT2D eigenvalue weighted by molar-refractivity contribution is -0.274. The van der Waals surface area contributed by atoms with Gasteiger partial charge in [0.2, 0.25) is 0 Å². The molecule has 0 amide bonds. The van der Waals surface area contributed by atoms with Crippen molar-refractivity contribution in [2.45, 2.75) is 38.5 Å². The van der Waals surface area contributed by atoms with Gasteiger partial charge in [-0.2, -0.15) is 0 Å². The lowest BCUT2D eigenvalue weighted by Crippen LogP contribution is -2.17. The van der Waals surface area contributed by atoms with Gasteiger partial charge in [0.05, 0.1) is 6.61 Å². The molecule has 0 aliphatic heterocycles. The summed E-state index contributed by atoms with van der Waals surface area (Å²) in [7, 11) is 0. The van der Waals surface area contributed by atoms with Gasteiger partial charge in [-0.3, -0.25) is 9.59 Å². The quantitative estimate of drug-likeness (QED) is 0.621. The highest BCUT2D eigenvalue weighted by molar-refractivity contribution is 5.87. The molecule has 0 N–H and O–H groups in total. The Morgan fingerprint density at radius 1 is 1.35 bits per heavy atom. The van der Waals surface area contributed by atoms with Crippen molar-refractivity contribution in [2.75, 3.05) is 6.61 Å². The first-order valence-corrected chi connectivity index (χ1v) is 6.91. The molecule has 2 rings (SSSR count). The van der Waals surface area contributed by atoms with E-state index in [1.165, 1.54) is 6.07 Å². The summed E-state index contributed by atoms with van der Waals surface area (Å²) in [6.07, 6.45) is -3.24. The molecule has 1 aliphatic carbocycles. The van der Waals surface area contributed by atoms with E-state index in [-0.39, 0.29) is 11.3 Å². The maximum Gasteiger partial charge on any atom is 0.573 e. The molecule has 1 aromatic rings. The molecular weight excluding hydrogens is 320 g/mol. The third-order valence-corrected chi connectivity index (χ3v) is 3.12. The van der Waals surface area contributed by atoms with E-state index in [0.717, 1.165) is 6.07 Å². The Balaban J connectivity index is 0.000000463. The summed E-state index contributed by atoms with van der Waals surface area (Å²) >= 11 is 0. The van der Waals surface area contributed by atoms with Gasteiger partial charge in [-0.25, -0.2) is 4.39 Å². The average Bonchev–Trinajstić information content (AvgIpc) is 2.85. The number of rotatable bonds is 4. The molecule has 128 valence electrons. The van der Waals surface area contributed by atoms with Crippen LogP contribution in [-0.2, 0) is 14.3 Å². The number of hydrogen-bond acceptors (Lipinski definition) is 4. The number of alkyl halides is 3. The van der Waals surface area contributed by atoms with Gasteiger partial charge in [-0.15, -0.1) is 13.2 Å². The number of benzene rings is 1. The van der Waals surface area contributed by atoms with Crippen LogP contribution in [0.15, 0.2) is 18.2 Å². The Morgan fingerprint density at radius 3 is 2.43 bits per heavy atom. The average molecular weight is 336 g/mol. The maximum atomic E-state index is 13.7. The van der Waals surface area contributed by atoms with E-state index in [2.05, 4.69) is 9.47 Å². The Kier molecular flexibility index (Phi) is 6.99. The maximum absolute atomic E-state index is 13.7. The molecule has 4 nitrogen and oxygen atoms in total. The van der Waals surface area contributed by atoms with Crippen LogP contribution in [0.4, 0.5) is 17.6 Å². The second-order valence-electron chi connectivity index (χ2n) is 4.69. The first-order valence-electron chi connectivity index (χ1n) is 6.91. The van der Waals surface area contributed by atoms with Crippen molar-refractivity contribution < 1.29 is 36.6 Å². The SMILES string of the molecule is CCOC=O.O=C1CCCC1c1ccc(OC(F)(F)F)cc1F. The molecule has 0 saturated heterocycles. The molecular formula is C15H16F4O4. The zero-order valence-corrected chi connectivity index (χ0v) is 12.4. The van der Waals surface area contributed by atoms with Gasteiger partial charge in [0.15, 0.2) is 0 Å². The van der Waals surface area contributed by atoms with Crippen molar-refractivity contribution in [3.05, 3.63) is 29.6 Å². The Labute approximate surface area is 130 Å². The van der Waals surface area contributed by atoms with Crippen molar-refractivity contribution in [3.63, 3.8) is 0 Å². The predicted octanol–water partition coefficient (Wildman–Crippen LogP) is 3.74. The molecule has 0 aromatic heterocycles. The summed E-state index contributed by atoms with van der Waals surface area (Å²) in [6.45, 7) is 2.66. The fourth-order valence-corrected chi connectivity index (χ4v) is 2.20.